The van der Waals surface area contributed by atoms with Gasteiger partial charge in [0.1, 0.15) is 12.4 Å². The second-order valence-corrected chi connectivity index (χ2v) is 11.0. The smallest absolute Gasteiger partial charge is 0.405 e. The Kier molecular flexibility index (Phi) is 8.06. The fourth-order valence-corrected chi connectivity index (χ4v) is 6.49. The molecule has 11 nitrogen and oxygen atoms in total. The number of nitriles is 1. The van der Waals surface area contributed by atoms with Crippen molar-refractivity contribution in [3.8, 4) is 23.3 Å². The van der Waals surface area contributed by atoms with E-state index in [2.05, 4.69) is 10.2 Å². The molecule has 37 heavy (non-hydrogen) atoms. The maximum Gasteiger partial charge on any atom is 0.405 e. The number of amides is 1. The number of hydrogen-bond donors (Lipinski definition) is 2. The van der Waals surface area contributed by atoms with Gasteiger partial charge in [-0.15, -0.1) is 0 Å². The summed E-state index contributed by atoms with van der Waals surface area (Å²) in [6.07, 6.45) is 0.480. The molecular weight excluding hydrogens is 500 g/mol. The zero-order valence-corrected chi connectivity index (χ0v) is 21.5. The quantitative estimate of drug-likeness (QED) is 0.472. The summed E-state index contributed by atoms with van der Waals surface area (Å²) in [6, 6.07) is 12.6. The first-order valence-electron chi connectivity index (χ1n) is 11.9. The molecule has 3 atom stereocenters. The van der Waals surface area contributed by atoms with Crippen LogP contribution in [0, 0.1) is 11.3 Å². The Morgan fingerprint density at radius 3 is 2.32 bits per heavy atom. The first-order valence-corrected chi connectivity index (χ1v) is 13.3. The lowest BCUT2D eigenvalue weighted by Crippen LogP contribution is -2.58. The van der Waals surface area contributed by atoms with E-state index in [9.17, 15) is 18.3 Å². The number of nitrogens with one attached hydrogen (secondary N) is 1. The minimum absolute atomic E-state index is 0.0401. The van der Waals surface area contributed by atoms with Gasteiger partial charge in [0.15, 0.2) is 11.5 Å². The summed E-state index contributed by atoms with van der Waals surface area (Å²) < 4.78 is 44.6. The van der Waals surface area contributed by atoms with Gasteiger partial charge in [-0.05, 0) is 49.2 Å². The normalized spacial score (nSPS) is 20.6. The molecule has 4 rings (SSSR count). The second-order valence-electron chi connectivity index (χ2n) is 9.01. The number of ether oxygens (including phenoxy) is 3. The number of carboxylic acid groups (broad SMARTS) is 1. The van der Waals surface area contributed by atoms with E-state index in [0.29, 0.717) is 42.4 Å². The summed E-state index contributed by atoms with van der Waals surface area (Å²) in [4.78, 5) is 13.8. The van der Waals surface area contributed by atoms with Crippen LogP contribution in [0.2, 0.25) is 0 Å². The Labute approximate surface area is 216 Å². The largest absolute Gasteiger partial charge is 0.493 e. The third-order valence-electron chi connectivity index (χ3n) is 6.79. The van der Waals surface area contributed by atoms with Crippen molar-refractivity contribution >= 4 is 16.1 Å². The van der Waals surface area contributed by atoms with Crippen LogP contribution in [0.15, 0.2) is 47.4 Å². The molecule has 2 aromatic rings. The number of nitrogens with zero attached hydrogens (tertiary/aromatic N) is 3. The topological polar surface area (TPSA) is 141 Å². The van der Waals surface area contributed by atoms with Crippen molar-refractivity contribution in [3.63, 3.8) is 0 Å². The molecule has 2 unspecified atom stereocenters. The number of methoxy groups -OCH3 is 2. The average molecular weight is 531 g/mol. The van der Waals surface area contributed by atoms with Gasteiger partial charge in [0, 0.05) is 37.8 Å². The molecule has 2 aliphatic rings. The van der Waals surface area contributed by atoms with Gasteiger partial charge in [0.05, 0.1) is 36.8 Å². The van der Waals surface area contributed by atoms with Crippen LogP contribution >= 0.6 is 0 Å². The van der Waals surface area contributed by atoms with Crippen molar-refractivity contribution < 1.29 is 32.5 Å². The van der Waals surface area contributed by atoms with Gasteiger partial charge in [-0.3, -0.25) is 4.90 Å². The van der Waals surface area contributed by atoms with Gasteiger partial charge in [-0.1, -0.05) is 0 Å². The van der Waals surface area contributed by atoms with Gasteiger partial charge >= 0.3 is 6.09 Å². The summed E-state index contributed by atoms with van der Waals surface area (Å²) >= 11 is 0. The molecule has 0 radical (unpaired) electrons. The van der Waals surface area contributed by atoms with Crippen LogP contribution in [0.5, 0.6) is 17.2 Å². The Morgan fingerprint density at radius 2 is 1.76 bits per heavy atom. The van der Waals surface area contributed by atoms with E-state index in [0.717, 1.165) is 12.8 Å². The molecule has 198 valence electrons. The summed E-state index contributed by atoms with van der Waals surface area (Å²) in [5.74, 6) is 1.33. The fourth-order valence-electron chi connectivity index (χ4n) is 4.96. The number of rotatable bonds is 10. The Hall–Kier alpha value is -3.53. The Morgan fingerprint density at radius 1 is 1.11 bits per heavy atom. The summed E-state index contributed by atoms with van der Waals surface area (Å²) in [7, 11) is -0.805. The minimum Gasteiger partial charge on any atom is -0.493 e. The van der Waals surface area contributed by atoms with Gasteiger partial charge in [0.2, 0.25) is 10.0 Å². The molecule has 0 saturated carbocycles. The van der Waals surface area contributed by atoms with Gasteiger partial charge in [-0.25, -0.2) is 13.2 Å². The molecule has 1 amide bonds. The summed E-state index contributed by atoms with van der Waals surface area (Å²) in [5.41, 5.74) is 0.505. The standard InChI is InChI=1S/C25H30N4O7S/c1-34-23-10-9-22(11-24(23)35-2)37(32,33)28-14-19-5-6-20(15-28)29(19)13-18(27-25(30)31)16-36-21-7-3-17(12-26)4-8-21/h3-4,7-11,18-20,27H,5-6,13-16H2,1-2H3,(H,30,31)/t18-,19?,20?/m0/s1. The second kappa shape index (κ2) is 11.2. The number of fused-ring (bicyclic) bond motifs is 2. The highest BCUT2D eigenvalue weighted by Gasteiger charge is 2.44. The van der Waals surface area contributed by atoms with Crippen LogP contribution in [-0.4, -0.2) is 87.4 Å². The number of carbonyl (C=O) groups is 1. The van der Waals surface area contributed by atoms with Crippen molar-refractivity contribution in [1.29, 1.82) is 5.26 Å². The van der Waals surface area contributed by atoms with Gasteiger partial charge in [0.25, 0.3) is 0 Å². The molecule has 2 bridgehead atoms. The fraction of sp³-hybridized carbons (Fsp3) is 0.440. The molecule has 2 saturated heterocycles. The lowest BCUT2D eigenvalue weighted by atomic mass is 10.1. The Bertz CT molecular complexity index is 1250. The maximum atomic E-state index is 13.4. The number of piperazine rings is 1. The van der Waals surface area contributed by atoms with Crippen molar-refractivity contribution in [2.75, 3.05) is 40.5 Å². The van der Waals surface area contributed by atoms with E-state index in [1.807, 2.05) is 6.07 Å². The van der Waals surface area contributed by atoms with Crippen molar-refractivity contribution in [3.05, 3.63) is 48.0 Å². The lowest BCUT2D eigenvalue weighted by Gasteiger charge is -2.41. The molecule has 12 heteroatoms. The highest BCUT2D eigenvalue weighted by atomic mass is 32.2. The predicted molar refractivity (Wildman–Crippen MR) is 133 cm³/mol. The first-order chi connectivity index (χ1) is 17.7. The molecule has 0 aliphatic carbocycles. The van der Waals surface area contributed by atoms with E-state index in [-0.39, 0.29) is 23.6 Å². The molecular formula is C25H30N4O7S. The summed E-state index contributed by atoms with van der Waals surface area (Å²) in [6.45, 7) is 1.11. The number of hydrogen-bond acceptors (Lipinski definition) is 8. The third kappa shape index (κ3) is 5.90. The van der Waals surface area contributed by atoms with E-state index in [1.165, 1.54) is 30.7 Å². The average Bonchev–Trinajstić information content (AvgIpc) is 3.11. The van der Waals surface area contributed by atoms with Gasteiger partial charge in [-0.2, -0.15) is 9.57 Å². The van der Waals surface area contributed by atoms with Crippen LogP contribution in [0.4, 0.5) is 4.79 Å². The highest BCUT2D eigenvalue weighted by molar-refractivity contribution is 7.89. The van der Waals surface area contributed by atoms with Crippen LogP contribution in [0.1, 0.15) is 18.4 Å². The maximum absolute atomic E-state index is 13.4. The zero-order valence-electron chi connectivity index (χ0n) is 20.7. The number of benzene rings is 2. The molecule has 2 aliphatic heterocycles. The highest BCUT2D eigenvalue weighted by Crippen LogP contribution is 2.35. The zero-order chi connectivity index (χ0) is 26.6. The molecule has 2 aromatic carbocycles. The lowest BCUT2D eigenvalue weighted by molar-refractivity contribution is 0.0875. The first kappa shape index (κ1) is 26.5. The van der Waals surface area contributed by atoms with Crippen LogP contribution in [-0.2, 0) is 10.0 Å². The van der Waals surface area contributed by atoms with Gasteiger partial charge < -0.3 is 24.6 Å². The third-order valence-corrected chi connectivity index (χ3v) is 8.61. The minimum atomic E-state index is -3.75. The Balaban J connectivity index is 1.44. The molecule has 2 fully saturated rings. The van der Waals surface area contributed by atoms with E-state index < -0.39 is 22.2 Å². The summed E-state index contributed by atoms with van der Waals surface area (Å²) in [5, 5.41) is 20.8. The van der Waals surface area contributed by atoms with E-state index in [4.69, 9.17) is 19.5 Å². The van der Waals surface area contributed by atoms with Crippen LogP contribution in [0.3, 0.4) is 0 Å². The molecule has 2 N–H and O–H groups in total. The predicted octanol–water partition coefficient (Wildman–Crippen LogP) is 2.13. The van der Waals surface area contributed by atoms with E-state index >= 15 is 0 Å². The molecule has 0 spiro atoms. The van der Waals surface area contributed by atoms with Crippen LogP contribution in [0.25, 0.3) is 0 Å². The molecule has 0 aromatic heterocycles. The van der Waals surface area contributed by atoms with Crippen molar-refractivity contribution in [2.24, 2.45) is 0 Å². The molecule has 2 heterocycles. The van der Waals surface area contributed by atoms with Crippen LogP contribution < -0.4 is 19.5 Å². The van der Waals surface area contributed by atoms with E-state index in [1.54, 1.807) is 30.3 Å². The SMILES string of the molecule is COc1ccc(S(=O)(=O)N2CC3CCC(C2)N3C[C@@H](COc2ccc(C#N)cc2)NC(=O)O)cc1OC. The monoisotopic (exact) mass is 530 g/mol. The van der Waals surface area contributed by atoms with Crippen molar-refractivity contribution in [1.82, 2.24) is 14.5 Å². The number of sulfonamides is 1. The van der Waals surface area contributed by atoms with Crippen molar-refractivity contribution in [2.45, 2.75) is 35.9 Å².